The highest BCUT2D eigenvalue weighted by atomic mass is 16.3. The Kier molecular flexibility index (Phi) is 3.10. The van der Waals surface area contributed by atoms with Crippen LogP contribution < -0.4 is 0 Å². The molecule has 0 aromatic rings. The third-order valence-corrected chi connectivity index (χ3v) is 3.67. The predicted molar refractivity (Wildman–Crippen MR) is 57.1 cm³/mol. The van der Waals surface area contributed by atoms with Crippen LogP contribution in [-0.4, -0.2) is 52.9 Å². The highest BCUT2D eigenvalue weighted by Crippen LogP contribution is 2.25. The minimum atomic E-state index is -0.164. The number of piperazine rings is 1. The van der Waals surface area contributed by atoms with Crippen molar-refractivity contribution in [2.45, 2.75) is 51.4 Å². The van der Waals surface area contributed by atoms with Crippen molar-refractivity contribution in [3.05, 3.63) is 0 Å². The first-order valence-corrected chi connectivity index (χ1v) is 5.86. The van der Waals surface area contributed by atoms with Gasteiger partial charge in [-0.15, -0.1) is 0 Å². The van der Waals surface area contributed by atoms with E-state index in [1.54, 1.807) is 0 Å². The van der Waals surface area contributed by atoms with Crippen LogP contribution in [0.4, 0.5) is 0 Å². The second-order valence-corrected chi connectivity index (χ2v) is 4.89. The first-order chi connectivity index (χ1) is 6.68. The summed E-state index contributed by atoms with van der Waals surface area (Å²) in [5, 5.41) is 9.84. The van der Waals surface area contributed by atoms with Crippen LogP contribution in [0.15, 0.2) is 0 Å². The molecule has 82 valence electrons. The van der Waals surface area contributed by atoms with Crippen molar-refractivity contribution in [1.82, 2.24) is 9.80 Å². The molecule has 0 aromatic carbocycles. The molecule has 1 N–H and O–H groups in total. The lowest BCUT2D eigenvalue weighted by molar-refractivity contribution is -0.0904. The van der Waals surface area contributed by atoms with E-state index in [4.69, 9.17) is 0 Å². The molecule has 14 heavy (non-hydrogen) atoms. The van der Waals surface area contributed by atoms with E-state index in [0.717, 1.165) is 26.1 Å². The second-order valence-electron chi connectivity index (χ2n) is 4.89. The van der Waals surface area contributed by atoms with E-state index in [9.17, 15) is 5.11 Å². The van der Waals surface area contributed by atoms with E-state index >= 15 is 0 Å². The van der Waals surface area contributed by atoms with Gasteiger partial charge in [0.05, 0.1) is 0 Å². The van der Waals surface area contributed by atoms with Crippen molar-refractivity contribution in [2.24, 2.45) is 0 Å². The van der Waals surface area contributed by atoms with Crippen LogP contribution >= 0.6 is 0 Å². The molecule has 0 saturated carbocycles. The van der Waals surface area contributed by atoms with Crippen molar-refractivity contribution >= 4 is 0 Å². The molecule has 2 aliphatic rings. The van der Waals surface area contributed by atoms with Gasteiger partial charge in [-0.25, -0.2) is 0 Å². The number of aliphatic hydroxyl groups excluding tert-OH is 1. The van der Waals surface area contributed by atoms with Gasteiger partial charge >= 0.3 is 0 Å². The average Bonchev–Trinajstić information content (AvgIpc) is 2.17. The van der Waals surface area contributed by atoms with E-state index < -0.39 is 0 Å². The van der Waals surface area contributed by atoms with Crippen molar-refractivity contribution < 1.29 is 5.11 Å². The van der Waals surface area contributed by atoms with Gasteiger partial charge in [-0.1, -0.05) is 0 Å². The summed E-state index contributed by atoms with van der Waals surface area (Å²) in [6, 6.07) is 1.26. The van der Waals surface area contributed by atoms with Gasteiger partial charge in [-0.05, 0) is 33.1 Å². The average molecular weight is 198 g/mol. The van der Waals surface area contributed by atoms with Gasteiger partial charge in [0.15, 0.2) is 0 Å². The zero-order chi connectivity index (χ0) is 10.1. The normalized spacial score (nSPS) is 36.0. The summed E-state index contributed by atoms with van der Waals surface area (Å²) in [5.41, 5.74) is 0. The SMILES string of the molecule is CC(C)N1CCN2C(O)CCCC2C1. The third kappa shape index (κ3) is 1.95. The molecule has 0 spiro atoms. The van der Waals surface area contributed by atoms with Crippen LogP contribution in [0, 0.1) is 0 Å². The van der Waals surface area contributed by atoms with Gasteiger partial charge in [0.2, 0.25) is 0 Å². The third-order valence-electron chi connectivity index (χ3n) is 3.67. The van der Waals surface area contributed by atoms with Gasteiger partial charge in [0.1, 0.15) is 6.23 Å². The molecular formula is C11H22N2O. The van der Waals surface area contributed by atoms with E-state index in [-0.39, 0.29) is 6.23 Å². The molecule has 2 heterocycles. The molecule has 0 bridgehead atoms. The Morgan fingerprint density at radius 1 is 1.21 bits per heavy atom. The molecule has 3 nitrogen and oxygen atoms in total. The summed E-state index contributed by atoms with van der Waals surface area (Å²) < 4.78 is 0. The van der Waals surface area contributed by atoms with Crippen LogP contribution in [-0.2, 0) is 0 Å². The summed E-state index contributed by atoms with van der Waals surface area (Å²) in [6.45, 7) is 7.83. The Morgan fingerprint density at radius 2 is 2.00 bits per heavy atom. The Balaban J connectivity index is 1.96. The van der Waals surface area contributed by atoms with Gasteiger partial charge in [-0.3, -0.25) is 9.80 Å². The zero-order valence-corrected chi connectivity index (χ0v) is 9.32. The van der Waals surface area contributed by atoms with Crippen LogP contribution in [0.1, 0.15) is 33.1 Å². The Labute approximate surface area is 86.7 Å². The molecule has 2 fully saturated rings. The molecule has 2 saturated heterocycles. The molecule has 2 unspecified atom stereocenters. The molecule has 3 heteroatoms. The highest BCUT2D eigenvalue weighted by molar-refractivity contribution is 4.87. The quantitative estimate of drug-likeness (QED) is 0.677. The molecule has 0 amide bonds. The summed E-state index contributed by atoms with van der Waals surface area (Å²) in [4.78, 5) is 4.82. The smallest absolute Gasteiger partial charge is 0.107 e. The summed E-state index contributed by atoms with van der Waals surface area (Å²) >= 11 is 0. The van der Waals surface area contributed by atoms with E-state index in [2.05, 4.69) is 23.6 Å². The maximum Gasteiger partial charge on any atom is 0.107 e. The molecule has 2 rings (SSSR count). The fraction of sp³-hybridized carbons (Fsp3) is 1.00. The van der Waals surface area contributed by atoms with Crippen molar-refractivity contribution in [3.8, 4) is 0 Å². The largest absolute Gasteiger partial charge is 0.378 e. The fourth-order valence-electron chi connectivity index (χ4n) is 2.71. The standard InChI is InChI=1S/C11H22N2O/c1-9(2)12-6-7-13-10(8-12)4-3-5-11(13)14/h9-11,14H,3-8H2,1-2H3. The highest BCUT2D eigenvalue weighted by Gasteiger charge is 2.34. The number of nitrogens with zero attached hydrogens (tertiary/aromatic N) is 2. The molecule has 0 aliphatic carbocycles. The lowest BCUT2D eigenvalue weighted by atomic mass is 9.97. The van der Waals surface area contributed by atoms with E-state index in [1.165, 1.54) is 12.8 Å². The van der Waals surface area contributed by atoms with Gasteiger partial charge < -0.3 is 5.11 Å². The first-order valence-electron chi connectivity index (χ1n) is 5.86. The lowest BCUT2D eigenvalue weighted by Crippen LogP contribution is -2.59. The maximum atomic E-state index is 9.84. The number of hydrogen-bond donors (Lipinski definition) is 1. The Bertz CT molecular complexity index is 196. The van der Waals surface area contributed by atoms with Crippen LogP contribution in [0.3, 0.4) is 0 Å². The zero-order valence-electron chi connectivity index (χ0n) is 9.32. The molecule has 0 aromatic heterocycles. The molecular weight excluding hydrogens is 176 g/mol. The Morgan fingerprint density at radius 3 is 2.71 bits per heavy atom. The van der Waals surface area contributed by atoms with Gasteiger partial charge in [0.25, 0.3) is 0 Å². The first kappa shape index (κ1) is 10.4. The van der Waals surface area contributed by atoms with E-state index in [0.29, 0.717) is 12.1 Å². The maximum absolute atomic E-state index is 9.84. The fourth-order valence-corrected chi connectivity index (χ4v) is 2.71. The van der Waals surface area contributed by atoms with E-state index in [1.807, 2.05) is 0 Å². The molecule has 2 aliphatic heterocycles. The van der Waals surface area contributed by atoms with Gasteiger partial charge in [0, 0.05) is 31.7 Å². The summed E-state index contributed by atoms with van der Waals surface area (Å²) in [7, 11) is 0. The number of fused-ring (bicyclic) bond motifs is 1. The number of aliphatic hydroxyl groups is 1. The number of rotatable bonds is 1. The summed E-state index contributed by atoms with van der Waals surface area (Å²) in [5.74, 6) is 0. The molecule has 0 radical (unpaired) electrons. The van der Waals surface area contributed by atoms with Gasteiger partial charge in [-0.2, -0.15) is 0 Å². The monoisotopic (exact) mass is 198 g/mol. The van der Waals surface area contributed by atoms with Crippen molar-refractivity contribution in [1.29, 1.82) is 0 Å². The lowest BCUT2D eigenvalue weighted by Gasteiger charge is -2.47. The Hall–Kier alpha value is -0.120. The number of piperidine rings is 1. The van der Waals surface area contributed by atoms with Crippen molar-refractivity contribution in [2.75, 3.05) is 19.6 Å². The van der Waals surface area contributed by atoms with Crippen LogP contribution in [0.5, 0.6) is 0 Å². The predicted octanol–water partition coefficient (Wildman–Crippen LogP) is 0.883. The van der Waals surface area contributed by atoms with Crippen LogP contribution in [0.25, 0.3) is 0 Å². The topological polar surface area (TPSA) is 26.7 Å². The minimum Gasteiger partial charge on any atom is -0.378 e. The molecule has 2 atom stereocenters. The minimum absolute atomic E-state index is 0.164. The summed E-state index contributed by atoms with van der Waals surface area (Å²) in [6.07, 6.45) is 3.26. The van der Waals surface area contributed by atoms with Crippen LogP contribution in [0.2, 0.25) is 0 Å². The number of hydrogen-bond acceptors (Lipinski definition) is 3. The second kappa shape index (κ2) is 4.17. The van der Waals surface area contributed by atoms with Crippen molar-refractivity contribution in [3.63, 3.8) is 0 Å².